The SMILES string of the molecule is Cc1cccc(-c2nnc(SCC(=O)Nc3c(C)cccc3C)n2-c2ccccc2)c1. The summed E-state index contributed by atoms with van der Waals surface area (Å²) in [6.45, 7) is 6.05. The maximum Gasteiger partial charge on any atom is 0.234 e. The second-order valence-corrected chi connectivity index (χ2v) is 8.39. The molecule has 4 aromatic rings. The van der Waals surface area contributed by atoms with E-state index in [1.54, 1.807) is 0 Å². The number of amides is 1. The van der Waals surface area contributed by atoms with Gasteiger partial charge in [-0.2, -0.15) is 0 Å². The van der Waals surface area contributed by atoms with Crippen LogP contribution in [-0.2, 0) is 4.79 Å². The van der Waals surface area contributed by atoms with Gasteiger partial charge < -0.3 is 5.32 Å². The first-order valence-corrected chi connectivity index (χ1v) is 11.1. The van der Waals surface area contributed by atoms with Crippen molar-refractivity contribution in [2.75, 3.05) is 11.1 Å². The summed E-state index contributed by atoms with van der Waals surface area (Å²) in [6.07, 6.45) is 0. The molecule has 0 radical (unpaired) electrons. The third-order valence-electron chi connectivity index (χ3n) is 5.00. The normalized spacial score (nSPS) is 10.8. The molecule has 156 valence electrons. The van der Waals surface area contributed by atoms with Gasteiger partial charge in [-0.25, -0.2) is 0 Å². The summed E-state index contributed by atoms with van der Waals surface area (Å²) in [5.74, 6) is 0.932. The highest BCUT2D eigenvalue weighted by Crippen LogP contribution is 2.28. The van der Waals surface area contributed by atoms with Crippen molar-refractivity contribution in [3.8, 4) is 17.1 Å². The van der Waals surface area contributed by atoms with Crippen LogP contribution >= 0.6 is 11.8 Å². The lowest BCUT2D eigenvalue weighted by Crippen LogP contribution is -2.16. The van der Waals surface area contributed by atoms with Crippen LogP contribution in [0.2, 0.25) is 0 Å². The number of nitrogens with one attached hydrogen (secondary N) is 1. The number of thioether (sulfide) groups is 1. The minimum absolute atomic E-state index is 0.0675. The highest BCUT2D eigenvalue weighted by Gasteiger charge is 2.17. The summed E-state index contributed by atoms with van der Waals surface area (Å²) < 4.78 is 2.01. The summed E-state index contributed by atoms with van der Waals surface area (Å²) in [4.78, 5) is 12.7. The molecule has 0 unspecified atom stereocenters. The predicted octanol–water partition coefficient (Wildman–Crippen LogP) is 5.59. The molecule has 5 nitrogen and oxygen atoms in total. The Morgan fingerprint density at radius 2 is 1.61 bits per heavy atom. The van der Waals surface area contributed by atoms with E-state index in [0.717, 1.165) is 39.5 Å². The fourth-order valence-corrected chi connectivity index (χ4v) is 4.21. The van der Waals surface area contributed by atoms with E-state index < -0.39 is 0 Å². The quantitative estimate of drug-likeness (QED) is 0.407. The summed E-state index contributed by atoms with van der Waals surface area (Å²) in [5, 5.41) is 12.6. The number of carbonyl (C=O) groups excluding carboxylic acids is 1. The number of para-hydroxylation sites is 2. The molecule has 31 heavy (non-hydrogen) atoms. The van der Waals surface area contributed by atoms with E-state index in [-0.39, 0.29) is 11.7 Å². The van der Waals surface area contributed by atoms with Crippen molar-refractivity contribution >= 4 is 23.4 Å². The number of carbonyl (C=O) groups is 1. The largest absolute Gasteiger partial charge is 0.325 e. The van der Waals surface area contributed by atoms with Crippen molar-refractivity contribution < 1.29 is 4.79 Å². The molecule has 1 N–H and O–H groups in total. The molecular weight excluding hydrogens is 404 g/mol. The lowest BCUT2D eigenvalue weighted by molar-refractivity contribution is -0.113. The predicted molar refractivity (Wildman–Crippen MR) is 127 cm³/mol. The summed E-state index contributed by atoms with van der Waals surface area (Å²) in [7, 11) is 0. The third-order valence-corrected chi connectivity index (χ3v) is 5.93. The van der Waals surface area contributed by atoms with Gasteiger partial charge in [0.05, 0.1) is 5.75 Å². The molecule has 1 aromatic heterocycles. The van der Waals surface area contributed by atoms with Gasteiger partial charge in [-0.15, -0.1) is 10.2 Å². The number of aryl methyl sites for hydroxylation is 3. The zero-order valence-corrected chi connectivity index (χ0v) is 18.6. The van der Waals surface area contributed by atoms with Crippen LogP contribution in [0.25, 0.3) is 17.1 Å². The van der Waals surface area contributed by atoms with Crippen molar-refractivity contribution in [2.24, 2.45) is 0 Å². The van der Waals surface area contributed by atoms with Crippen LogP contribution in [0.1, 0.15) is 16.7 Å². The molecule has 1 heterocycles. The van der Waals surface area contributed by atoms with Gasteiger partial charge in [0.15, 0.2) is 11.0 Å². The smallest absolute Gasteiger partial charge is 0.234 e. The molecule has 0 aliphatic heterocycles. The second kappa shape index (κ2) is 9.18. The molecule has 0 saturated heterocycles. The van der Waals surface area contributed by atoms with E-state index in [4.69, 9.17) is 0 Å². The third kappa shape index (κ3) is 4.70. The molecule has 0 aliphatic carbocycles. The van der Waals surface area contributed by atoms with Gasteiger partial charge >= 0.3 is 0 Å². The number of anilines is 1. The Morgan fingerprint density at radius 3 is 2.32 bits per heavy atom. The van der Waals surface area contributed by atoms with Crippen LogP contribution in [0.15, 0.2) is 78.0 Å². The molecule has 0 saturated carbocycles. The van der Waals surface area contributed by atoms with Crippen molar-refractivity contribution in [1.29, 1.82) is 0 Å². The first kappa shape index (κ1) is 20.9. The van der Waals surface area contributed by atoms with Crippen molar-refractivity contribution in [3.05, 3.63) is 89.5 Å². The van der Waals surface area contributed by atoms with E-state index in [9.17, 15) is 4.79 Å². The topological polar surface area (TPSA) is 59.8 Å². The van der Waals surface area contributed by atoms with E-state index in [2.05, 4.69) is 34.6 Å². The Balaban J connectivity index is 1.61. The molecule has 1 amide bonds. The van der Waals surface area contributed by atoms with Crippen molar-refractivity contribution in [1.82, 2.24) is 14.8 Å². The van der Waals surface area contributed by atoms with Crippen LogP contribution in [0.5, 0.6) is 0 Å². The van der Waals surface area contributed by atoms with Crippen molar-refractivity contribution in [3.63, 3.8) is 0 Å². The Morgan fingerprint density at radius 1 is 0.903 bits per heavy atom. The highest BCUT2D eigenvalue weighted by atomic mass is 32.2. The van der Waals surface area contributed by atoms with Crippen LogP contribution in [0.4, 0.5) is 5.69 Å². The Hall–Kier alpha value is -3.38. The first-order valence-electron chi connectivity index (χ1n) is 10.1. The number of hydrogen-bond donors (Lipinski definition) is 1. The zero-order valence-electron chi connectivity index (χ0n) is 17.8. The minimum Gasteiger partial charge on any atom is -0.325 e. The molecule has 4 rings (SSSR count). The highest BCUT2D eigenvalue weighted by molar-refractivity contribution is 7.99. The molecule has 0 spiro atoms. The van der Waals surface area contributed by atoms with Crippen LogP contribution < -0.4 is 5.32 Å². The van der Waals surface area contributed by atoms with Crippen LogP contribution in [0.3, 0.4) is 0 Å². The Kier molecular flexibility index (Phi) is 6.18. The summed E-state index contributed by atoms with van der Waals surface area (Å²) >= 11 is 1.38. The number of rotatable bonds is 6. The first-order chi connectivity index (χ1) is 15.0. The molecule has 6 heteroatoms. The molecular formula is C25H24N4OS. The molecule has 0 bridgehead atoms. The summed E-state index contributed by atoms with van der Waals surface area (Å²) in [5.41, 5.74) is 6.07. The lowest BCUT2D eigenvalue weighted by Gasteiger charge is -2.12. The average molecular weight is 429 g/mol. The zero-order chi connectivity index (χ0) is 21.8. The fourth-order valence-electron chi connectivity index (χ4n) is 3.46. The van der Waals surface area contributed by atoms with E-state index in [1.165, 1.54) is 11.8 Å². The van der Waals surface area contributed by atoms with Gasteiger partial charge in [0.2, 0.25) is 5.91 Å². The monoisotopic (exact) mass is 428 g/mol. The number of aromatic nitrogens is 3. The Bertz CT molecular complexity index is 1200. The minimum atomic E-state index is -0.0675. The standard InChI is InChI=1S/C25H24N4OS/c1-17-9-7-12-20(15-17)24-27-28-25(29(24)21-13-5-4-6-14-21)31-16-22(30)26-23-18(2)10-8-11-19(23)3/h4-15H,16H2,1-3H3,(H,26,30). The van der Waals surface area contributed by atoms with Gasteiger partial charge in [0.25, 0.3) is 0 Å². The van der Waals surface area contributed by atoms with Crippen LogP contribution in [-0.4, -0.2) is 26.4 Å². The molecule has 0 fully saturated rings. The Labute approximate surface area is 186 Å². The average Bonchev–Trinajstić information content (AvgIpc) is 3.20. The van der Waals surface area contributed by atoms with Gasteiger partial charge in [-0.3, -0.25) is 9.36 Å². The number of hydrogen-bond acceptors (Lipinski definition) is 4. The molecule has 0 aliphatic rings. The number of nitrogens with zero attached hydrogens (tertiary/aromatic N) is 3. The molecule has 3 aromatic carbocycles. The maximum absolute atomic E-state index is 12.7. The van der Waals surface area contributed by atoms with Gasteiger partial charge in [0, 0.05) is 16.9 Å². The van der Waals surface area contributed by atoms with E-state index in [1.807, 2.05) is 79.1 Å². The van der Waals surface area contributed by atoms with E-state index in [0.29, 0.717) is 5.16 Å². The van der Waals surface area contributed by atoms with Gasteiger partial charge in [-0.05, 0) is 50.1 Å². The molecule has 0 atom stereocenters. The number of benzene rings is 3. The lowest BCUT2D eigenvalue weighted by atomic mass is 10.1. The second-order valence-electron chi connectivity index (χ2n) is 7.45. The fraction of sp³-hybridized carbons (Fsp3) is 0.160. The van der Waals surface area contributed by atoms with Gasteiger partial charge in [-0.1, -0.05) is 71.9 Å². The van der Waals surface area contributed by atoms with Crippen LogP contribution in [0, 0.1) is 20.8 Å². The van der Waals surface area contributed by atoms with E-state index >= 15 is 0 Å². The maximum atomic E-state index is 12.7. The van der Waals surface area contributed by atoms with Crippen molar-refractivity contribution in [2.45, 2.75) is 25.9 Å². The summed E-state index contributed by atoms with van der Waals surface area (Å²) in [6, 6.07) is 24.1. The van der Waals surface area contributed by atoms with Gasteiger partial charge in [0.1, 0.15) is 0 Å².